The molecule has 2 aromatic rings. The van der Waals surface area contributed by atoms with Crippen molar-refractivity contribution < 1.29 is 14.3 Å². The average molecular weight is 414 g/mol. The molecule has 0 aliphatic carbocycles. The van der Waals surface area contributed by atoms with Gasteiger partial charge in [-0.3, -0.25) is 4.79 Å². The first-order valence-corrected chi connectivity index (χ1v) is 9.45. The van der Waals surface area contributed by atoms with Crippen molar-refractivity contribution in [2.75, 3.05) is 11.9 Å². The van der Waals surface area contributed by atoms with Crippen LogP contribution < -0.4 is 5.32 Å². The van der Waals surface area contributed by atoms with Gasteiger partial charge in [-0.05, 0) is 24.6 Å². The van der Waals surface area contributed by atoms with E-state index in [9.17, 15) is 4.79 Å². The number of ether oxygens (including phenoxy) is 2. The fraction of sp³-hybridized carbons (Fsp3) is 0.286. The van der Waals surface area contributed by atoms with Gasteiger partial charge in [0.2, 0.25) is 0 Å². The van der Waals surface area contributed by atoms with E-state index in [-0.39, 0.29) is 12.0 Å². The summed E-state index contributed by atoms with van der Waals surface area (Å²) in [6.07, 6.45) is 2.33. The zero-order valence-electron chi connectivity index (χ0n) is 14.5. The SMILES string of the molecule is CC1=C[C@@H](COCc2ccccc2)O[C@@]2(C1)C(=O)Nc1cccc(Br)c12. The number of amides is 1. The third-order valence-corrected chi connectivity index (χ3v) is 5.44. The molecule has 2 heterocycles. The van der Waals surface area contributed by atoms with Crippen molar-refractivity contribution in [3.63, 3.8) is 0 Å². The van der Waals surface area contributed by atoms with Crippen molar-refractivity contribution in [3.8, 4) is 0 Å². The molecule has 0 fully saturated rings. The first kappa shape index (κ1) is 17.5. The quantitative estimate of drug-likeness (QED) is 0.747. The number of nitrogens with one attached hydrogen (secondary N) is 1. The predicted molar refractivity (Wildman–Crippen MR) is 104 cm³/mol. The van der Waals surface area contributed by atoms with Crippen LogP contribution in [0.2, 0.25) is 0 Å². The number of benzene rings is 2. The Kier molecular flexibility index (Phi) is 4.69. The van der Waals surface area contributed by atoms with Crippen LogP contribution in [-0.4, -0.2) is 18.6 Å². The van der Waals surface area contributed by atoms with E-state index >= 15 is 0 Å². The van der Waals surface area contributed by atoms with E-state index in [1.807, 2.05) is 55.5 Å². The molecule has 4 nitrogen and oxygen atoms in total. The van der Waals surface area contributed by atoms with Crippen molar-refractivity contribution in [1.82, 2.24) is 0 Å². The molecule has 2 atom stereocenters. The number of hydrogen-bond donors (Lipinski definition) is 1. The van der Waals surface area contributed by atoms with E-state index in [4.69, 9.17) is 9.47 Å². The molecule has 26 heavy (non-hydrogen) atoms. The van der Waals surface area contributed by atoms with E-state index < -0.39 is 5.60 Å². The van der Waals surface area contributed by atoms with Gasteiger partial charge in [0.05, 0.1) is 13.2 Å². The largest absolute Gasteiger partial charge is 0.374 e. The summed E-state index contributed by atoms with van der Waals surface area (Å²) >= 11 is 3.59. The fourth-order valence-electron chi connectivity index (χ4n) is 3.71. The number of hydrogen-bond acceptors (Lipinski definition) is 3. The average Bonchev–Trinajstić information content (AvgIpc) is 2.87. The summed E-state index contributed by atoms with van der Waals surface area (Å²) in [6, 6.07) is 15.8. The molecule has 0 bridgehead atoms. The molecule has 0 aromatic heterocycles. The van der Waals surface area contributed by atoms with Gasteiger partial charge in [-0.1, -0.05) is 64.0 Å². The summed E-state index contributed by atoms with van der Waals surface area (Å²) in [5.74, 6) is -0.111. The van der Waals surface area contributed by atoms with Crippen LogP contribution in [0, 0.1) is 0 Å². The molecule has 2 aliphatic heterocycles. The number of anilines is 1. The van der Waals surface area contributed by atoms with Crippen molar-refractivity contribution in [2.45, 2.75) is 31.7 Å². The summed E-state index contributed by atoms with van der Waals surface area (Å²) < 4.78 is 13.1. The summed E-state index contributed by atoms with van der Waals surface area (Å²) in [5, 5.41) is 2.96. The molecule has 0 radical (unpaired) electrons. The second-order valence-corrected chi connectivity index (χ2v) is 7.64. The maximum atomic E-state index is 12.8. The molecular weight excluding hydrogens is 394 g/mol. The Balaban J connectivity index is 1.54. The molecule has 0 unspecified atom stereocenters. The first-order valence-electron chi connectivity index (χ1n) is 8.66. The third-order valence-electron chi connectivity index (χ3n) is 4.78. The molecule has 1 N–H and O–H groups in total. The van der Waals surface area contributed by atoms with Crippen LogP contribution in [0.4, 0.5) is 5.69 Å². The van der Waals surface area contributed by atoms with Crippen molar-refractivity contribution in [2.24, 2.45) is 0 Å². The lowest BCUT2D eigenvalue weighted by Gasteiger charge is -2.36. The Labute approximate surface area is 161 Å². The van der Waals surface area contributed by atoms with Crippen molar-refractivity contribution in [1.29, 1.82) is 0 Å². The molecule has 5 heteroatoms. The van der Waals surface area contributed by atoms with Crippen LogP contribution in [0.15, 0.2) is 64.7 Å². The maximum Gasteiger partial charge on any atom is 0.261 e. The predicted octanol–water partition coefficient (Wildman–Crippen LogP) is 4.55. The normalized spacial score (nSPS) is 24.3. The summed E-state index contributed by atoms with van der Waals surface area (Å²) in [7, 11) is 0. The Morgan fingerprint density at radius 2 is 2.04 bits per heavy atom. The van der Waals surface area contributed by atoms with Crippen LogP contribution in [0.1, 0.15) is 24.5 Å². The zero-order valence-corrected chi connectivity index (χ0v) is 16.1. The Hall–Kier alpha value is -1.95. The third kappa shape index (κ3) is 3.11. The topological polar surface area (TPSA) is 47.6 Å². The molecule has 0 saturated heterocycles. The fourth-order valence-corrected chi connectivity index (χ4v) is 4.40. The minimum atomic E-state index is -0.991. The molecule has 1 amide bonds. The second kappa shape index (κ2) is 6.99. The van der Waals surface area contributed by atoms with Crippen LogP contribution in [0.3, 0.4) is 0 Å². The minimum Gasteiger partial charge on any atom is -0.374 e. The van der Waals surface area contributed by atoms with Crippen molar-refractivity contribution in [3.05, 3.63) is 75.8 Å². The van der Waals surface area contributed by atoms with Gasteiger partial charge >= 0.3 is 0 Å². The highest BCUT2D eigenvalue weighted by Crippen LogP contribution is 2.48. The smallest absolute Gasteiger partial charge is 0.261 e. The molecule has 134 valence electrons. The Morgan fingerprint density at radius 3 is 2.85 bits per heavy atom. The van der Waals surface area contributed by atoms with Gasteiger partial charge in [0.15, 0.2) is 5.60 Å². The van der Waals surface area contributed by atoms with E-state index in [1.54, 1.807) is 0 Å². The highest BCUT2D eigenvalue weighted by molar-refractivity contribution is 9.10. The van der Waals surface area contributed by atoms with Gasteiger partial charge in [0.1, 0.15) is 6.10 Å². The lowest BCUT2D eigenvalue weighted by Crippen LogP contribution is -2.44. The number of rotatable bonds is 4. The Morgan fingerprint density at radius 1 is 1.23 bits per heavy atom. The summed E-state index contributed by atoms with van der Waals surface area (Å²) in [5.41, 5.74) is 2.94. The number of halogens is 1. The van der Waals surface area contributed by atoms with E-state index in [1.165, 1.54) is 0 Å². The molecule has 0 saturated carbocycles. The lowest BCUT2D eigenvalue weighted by molar-refractivity contribution is -0.154. The lowest BCUT2D eigenvalue weighted by atomic mass is 9.85. The Bertz CT molecular complexity index is 865. The van der Waals surface area contributed by atoms with Crippen LogP contribution in [0.5, 0.6) is 0 Å². The van der Waals surface area contributed by atoms with Gasteiger partial charge in [-0.25, -0.2) is 0 Å². The molecule has 2 aromatic carbocycles. The standard InChI is InChI=1S/C21H20BrNO3/c1-14-10-16(13-25-12-15-6-3-2-4-7-15)26-21(11-14)19-17(22)8-5-9-18(19)23-20(21)24/h2-10,16H,11-13H2,1H3,(H,23,24)/t16-,21+/m0/s1. The molecule has 1 spiro atoms. The monoisotopic (exact) mass is 413 g/mol. The summed E-state index contributed by atoms with van der Waals surface area (Å²) in [6.45, 7) is 2.96. The maximum absolute atomic E-state index is 12.8. The minimum absolute atomic E-state index is 0.111. The number of fused-ring (bicyclic) bond motifs is 2. The molecule has 4 rings (SSSR count). The number of carbonyl (C=O) groups excluding carboxylic acids is 1. The molecule has 2 aliphatic rings. The molecular formula is C21H20BrNO3. The van der Waals surface area contributed by atoms with Gasteiger partial charge in [0.25, 0.3) is 5.91 Å². The van der Waals surface area contributed by atoms with Gasteiger partial charge in [0, 0.05) is 22.1 Å². The number of carbonyl (C=O) groups is 1. The zero-order chi connectivity index (χ0) is 18.1. The highest BCUT2D eigenvalue weighted by Gasteiger charge is 2.52. The van der Waals surface area contributed by atoms with Crippen LogP contribution in [0.25, 0.3) is 0 Å². The van der Waals surface area contributed by atoms with Crippen LogP contribution in [-0.2, 0) is 26.5 Å². The summed E-state index contributed by atoms with van der Waals surface area (Å²) in [4.78, 5) is 12.8. The van der Waals surface area contributed by atoms with E-state index in [0.29, 0.717) is 19.6 Å². The van der Waals surface area contributed by atoms with Crippen molar-refractivity contribution >= 4 is 27.5 Å². The first-order chi connectivity index (χ1) is 12.6. The van der Waals surface area contributed by atoms with Gasteiger partial charge in [-0.2, -0.15) is 0 Å². The van der Waals surface area contributed by atoms with E-state index in [0.717, 1.165) is 26.9 Å². The second-order valence-electron chi connectivity index (χ2n) is 6.79. The van der Waals surface area contributed by atoms with Crippen LogP contribution >= 0.6 is 15.9 Å². The highest BCUT2D eigenvalue weighted by atomic mass is 79.9. The van der Waals surface area contributed by atoms with E-state index in [2.05, 4.69) is 27.3 Å². The van der Waals surface area contributed by atoms with Gasteiger partial charge < -0.3 is 14.8 Å². The van der Waals surface area contributed by atoms with Gasteiger partial charge in [-0.15, -0.1) is 0 Å².